The van der Waals surface area contributed by atoms with E-state index in [0.717, 1.165) is 0 Å². The highest BCUT2D eigenvalue weighted by Gasteiger charge is 2.64. The summed E-state index contributed by atoms with van der Waals surface area (Å²) in [6.45, 7) is 5.02. The lowest BCUT2D eigenvalue weighted by molar-refractivity contribution is -0.155. The van der Waals surface area contributed by atoms with Gasteiger partial charge in [-0.1, -0.05) is 37.3 Å². The van der Waals surface area contributed by atoms with Crippen molar-refractivity contribution in [2.75, 3.05) is 0 Å². The molecule has 20 heavy (non-hydrogen) atoms. The van der Waals surface area contributed by atoms with Gasteiger partial charge in [-0.25, -0.2) is 0 Å². The molecule has 0 unspecified atom stereocenters. The number of carbonyl (C=O) groups excluding carboxylic acids is 2. The summed E-state index contributed by atoms with van der Waals surface area (Å²) >= 11 is 0. The second-order valence-electron chi connectivity index (χ2n) is 5.40. The van der Waals surface area contributed by atoms with Crippen LogP contribution in [0.4, 0.5) is 0 Å². The van der Waals surface area contributed by atoms with Gasteiger partial charge in [0.1, 0.15) is 23.4 Å². The highest BCUT2D eigenvalue weighted by atomic mass is 16.6. The van der Waals surface area contributed by atoms with Crippen LogP contribution in [0.2, 0.25) is 0 Å². The number of Topliss-reactive ketones (excluding diaryl/α,β-unsaturated/α-hetero) is 1. The zero-order valence-electron chi connectivity index (χ0n) is 11.9. The van der Waals surface area contributed by atoms with E-state index in [4.69, 9.17) is 4.74 Å². The monoisotopic (exact) mass is 276 g/mol. The quantitative estimate of drug-likeness (QED) is 0.483. The molecule has 0 radical (unpaired) electrons. The summed E-state index contributed by atoms with van der Waals surface area (Å²) < 4.78 is 5.23. The molecule has 0 aromatic carbocycles. The molecular formula is C16H20O4. The van der Waals surface area contributed by atoms with Crippen LogP contribution in [0.5, 0.6) is 0 Å². The second-order valence-corrected chi connectivity index (χ2v) is 5.40. The smallest absolute Gasteiger partial charge is 0.317 e. The zero-order valence-corrected chi connectivity index (χ0v) is 11.9. The minimum atomic E-state index is -1.21. The van der Waals surface area contributed by atoms with E-state index in [1.807, 2.05) is 37.3 Å². The lowest BCUT2D eigenvalue weighted by Gasteiger charge is -2.39. The van der Waals surface area contributed by atoms with E-state index in [-0.39, 0.29) is 11.7 Å². The van der Waals surface area contributed by atoms with E-state index < -0.39 is 29.5 Å². The molecule has 0 aromatic rings. The molecule has 4 nitrogen and oxygen atoms in total. The highest BCUT2D eigenvalue weighted by Crippen LogP contribution is 2.51. The van der Waals surface area contributed by atoms with Crippen LogP contribution in [0.1, 0.15) is 20.8 Å². The fraction of sp³-hybridized carbons (Fsp3) is 0.500. The third-order valence-electron chi connectivity index (χ3n) is 4.41. The van der Waals surface area contributed by atoms with Crippen molar-refractivity contribution in [2.24, 2.45) is 17.3 Å². The van der Waals surface area contributed by atoms with Gasteiger partial charge in [0.25, 0.3) is 0 Å². The maximum atomic E-state index is 12.4. The summed E-state index contributed by atoms with van der Waals surface area (Å²) in [5, 5.41) is 10.5. The molecule has 2 bridgehead atoms. The zero-order chi connectivity index (χ0) is 14.9. The van der Waals surface area contributed by atoms with E-state index in [9.17, 15) is 14.7 Å². The van der Waals surface area contributed by atoms with Crippen molar-refractivity contribution in [2.45, 2.75) is 33.0 Å². The number of rotatable bonds is 4. The highest BCUT2D eigenvalue weighted by molar-refractivity contribution is 5.91. The molecule has 4 heteroatoms. The average molecular weight is 276 g/mol. The standard InChI is InChI=1S/C16H20O4/c1-4-5-6-7-12-8-9-13-14(18)16(12,15(19)20-13)10(2)11(3)17/h4-10,12-14,18H,1-3H3/b5-4+,7-6+/t10-,12+,13-,14-,16+/m0/s1. The molecule has 0 aromatic heterocycles. The van der Waals surface area contributed by atoms with Gasteiger partial charge in [-0.15, -0.1) is 0 Å². The molecule has 1 N–H and O–H groups in total. The van der Waals surface area contributed by atoms with Gasteiger partial charge in [-0.05, 0) is 19.9 Å². The van der Waals surface area contributed by atoms with Crippen LogP contribution in [0.3, 0.4) is 0 Å². The summed E-state index contributed by atoms with van der Waals surface area (Å²) in [6.07, 6.45) is 9.29. The Kier molecular flexibility index (Phi) is 3.95. The van der Waals surface area contributed by atoms with Crippen LogP contribution in [-0.4, -0.2) is 29.1 Å². The van der Waals surface area contributed by atoms with Crippen LogP contribution in [0.25, 0.3) is 0 Å². The average Bonchev–Trinajstić information content (AvgIpc) is 2.56. The lowest BCUT2D eigenvalue weighted by Crippen LogP contribution is -2.52. The molecule has 0 saturated carbocycles. The van der Waals surface area contributed by atoms with Crippen molar-refractivity contribution >= 4 is 11.8 Å². The van der Waals surface area contributed by atoms with Crippen molar-refractivity contribution in [3.8, 4) is 0 Å². The topological polar surface area (TPSA) is 63.6 Å². The van der Waals surface area contributed by atoms with Crippen molar-refractivity contribution in [3.63, 3.8) is 0 Å². The fourth-order valence-corrected chi connectivity index (χ4v) is 3.13. The molecule has 0 amide bonds. The number of hydrogen-bond acceptors (Lipinski definition) is 4. The number of allylic oxidation sites excluding steroid dienone is 5. The molecule has 2 aliphatic rings. The Labute approximate surface area is 118 Å². The van der Waals surface area contributed by atoms with Gasteiger partial charge in [0.2, 0.25) is 0 Å². The molecule has 108 valence electrons. The summed E-state index contributed by atoms with van der Waals surface area (Å²) in [7, 11) is 0. The number of ketones is 1. The first-order valence-corrected chi connectivity index (χ1v) is 6.83. The molecule has 0 spiro atoms. The summed E-state index contributed by atoms with van der Waals surface area (Å²) in [5.41, 5.74) is -1.21. The molecule has 1 fully saturated rings. The van der Waals surface area contributed by atoms with Crippen LogP contribution in [0.15, 0.2) is 36.5 Å². The fourth-order valence-electron chi connectivity index (χ4n) is 3.13. The van der Waals surface area contributed by atoms with Crippen molar-refractivity contribution in [1.82, 2.24) is 0 Å². The largest absolute Gasteiger partial charge is 0.455 e. The predicted octanol–water partition coefficient (Wildman–Crippen LogP) is 1.80. The number of aliphatic hydroxyl groups is 1. The molecule has 2 rings (SSSR count). The normalized spacial score (nSPS) is 37.6. The van der Waals surface area contributed by atoms with Gasteiger partial charge in [-0.2, -0.15) is 0 Å². The van der Waals surface area contributed by atoms with Crippen LogP contribution in [-0.2, 0) is 14.3 Å². The van der Waals surface area contributed by atoms with Gasteiger partial charge in [0, 0.05) is 11.8 Å². The molecule has 1 aliphatic heterocycles. The minimum Gasteiger partial charge on any atom is -0.455 e. The van der Waals surface area contributed by atoms with E-state index in [1.165, 1.54) is 6.92 Å². The van der Waals surface area contributed by atoms with Crippen molar-refractivity contribution in [1.29, 1.82) is 0 Å². The Bertz CT molecular complexity index is 503. The van der Waals surface area contributed by atoms with Gasteiger partial charge in [0.05, 0.1) is 0 Å². The molecular weight excluding hydrogens is 256 g/mol. The first-order chi connectivity index (χ1) is 9.46. The molecule has 1 heterocycles. The number of esters is 1. The first-order valence-electron chi connectivity index (χ1n) is 6.83. The third kappa shape index (κ3) is 1.95. The number of carbonyl (C=O) groups is 2. The SMILES string of the molecule is C/C=C/C=C/[C@@H]1C=C[C@@H]2OC(=O)[C@@]1([C@@H](C)C(C)=O)[C@H]2O. The van der Waals surface area contributed by atoms with Gasteiger partial charge in [0.15, 0.2) is 0 Å². The number of aliphatic hydroxyl groups excluding tert-OH is 1. The summed E-state index contributed by atoms with van der Waals surface area (Å²) in [4.78, 5) is 24.2. The van der Waals surface area contributed by atoms with Crippen LogP contribution >= 0.6 is 0 Å². The maximum absolute atomic E-state index is 12.4. The molecule has 1 aliphatic carbocycles. The van der Waals surface area contributed by atoms with E-state index in [2.05, 4.69) is 0 Å². The predicted molar refractivity (Wildman–Crippen MR) is 74.7 cm³/mol. The molecule has 5 atom stereocenters. The number of ether oxygens (including phenoxy) is 1. The Hall–Kier alpha value is -1.68. The van der Waals surface area contributed by atoms with Crippen LogP contribution < -0.4 is 0 Å². The number of hydrogen-bond donors (Lipinski definition) is 1. The Morgan fingerprint density at radius 3 is 2.75 bits per heavy atom. The minimum absolute atomic E-state index is 0.124. The Morgan fingerprint density at radius 2 is 2.15 bits per heavy atom. The third-order valence-corrected chi connectivity index (χ3v) is 4.41. The maximum Gasteiger partial charge on any atom is 0.317 e. The van der Waals surface area contributed by atoms with Gasteiger partial charge < -0.3 is 9.84 Å². The number of fused-ring (bicyclic) bond motifs is 2. The van der Waals surface area contributed by atoms with Gasteiger partial charge >= 0.3 is 5.97 Å². The van der Waals surface area contributed by atoms with Gasteiger partial charge in [-0.3, -0.25) is 9.59 Å². The van der Waals surface area contributed by atoms with E-state index in [0.29, 0.717) is 0 Å². The first kappa shape index (κ1) is 14.7. The summed E-state index contributed by atoms with van der Waals surface area (Å²) in [5.74, 6) is -1.56. The van der Waals surface area contributed by atoms with Crippen molar-refractivity contribution in [3.05, 3.63) is 36.5 Å². The lowest BCUT2D eigenvalue weighted by atomic mass is 9.60. The second kappa shape index (κ2) is 5.37. The Balaban J connectivity index is 2.50. The van der Waals surface area contributed by atoms with E-state index in [1.54, 1.807) is 13.0 Å². The summed E-state index contributed by atoms with van der Waals surface area (Å²) in [6, 6.07) is 0. The Morgan fingerprint density at radius 1 is 1.45 bits per heavy atom. The van der Waals surface area contributed by atoms with Crippen molar-refractivity contribution < 1.29 is 19.4 Å². The van der Waals surface area contributed by atoms with E-state index >= 15 is 0 Å². The molecule has 1 saturated heterocycles. The van der Waals surface area contributed by atoms with Crippen LogP contribution in [0, 0.1) is 17.3 Å².